The number of nitrogens with zero attached hydrogens (tertiary/aromatic N) is 4. The number of nitrogens with one attached hydrogen (secondary N) is 1. The van der Waals surface area contributed by atoms with Crippen LogP contribution in [0.5, 0.6) is 0 Å². The Hall–Kier alpha value is -1.99. The van der Waals surface area contributed by atoms with Crippen LogP contribution in [0.3, 0.4) is 0 Å². The van der Waals surface area contributed by atoms with E-state index in [1.165, 1.54) is 17.1 Å². The fourth-order valence-corrected chi connectivity index (χ4v) is 4.02. The molecule has 1 aromatic carbocycles. The van der Waals surface area contributed by atoms with Crippen molar-refractivity contribution in [3.05, 3.63) is 41.7 Å². The molecule has 0 unspecified atom stereocenters. The summed E-state index contributed by atoms with van der Waals surface area (Å²) in [4.78, 5) is 21.4. The van der Waals surface area contributed by atoms with Crippen LogP contribution in [-0.2, 0) is 11.2 Å². The zero-order chi connectivity index (χ0) is 20.0. The molecule has 1 saturated heterocycles. The predicted octanol–water partition coefficient (Wildman–Crippen LogP) is 2.80. The van der Waals surface area contributed by atoms with Gasteiger partial charge in [-0.1, -0.05) is 51.1 Å². The fraction of sp³-hybridized carbons (Fsp3) is 0.571. The summed E-state index contributed by atoms with van der Waals surface area (Å²) < 4.78 is 4.53. The average molecular weight is 402 g/mol. The second-order valence-electron chi connectivity index (χ2n) is 8.57. The lowest BCUT2D eigenvalue weighted by atomic mass is 9.92. The van der Waals surface area contributed by atoms with Crippen LogP contribution in [-0.4, -0.2) is 59.4 Å². The van der Waals surface area contributed by atoms with Crippen LogP contribution in [0.25, 0.3) is 0 Å². The highest BCUT2D eigenvalue weighted by Gasteiger charge is 2.20. The van der Waals surface area contributed by atoms with Crippen LogP contribution >= 0.6 is 11.5 Å². The molecular weight excluding hydrogens is 370 g/mol. The number of benzene rings is 1. The van der Waals surface area contributed by atoms with Crippen molar-refractivity contribution in [2.24, 2.45) is 5.41 Å². The summed E-state index contributed by atoms with van der Waals surface area (Å²) >= 11 is 1.49. The van der Waals surface area contributed by atoms with E-state index in [0.29, 0.717) is 6.42 Å². The number of piperazine rings is 1. The molecule has 1 N–H and O–H groups in total. The molecular formula is C21H31N5OS. The molecule has 152 valence electrons. The highest BCUT2D eigenvalue weighted by molar-refractivity contribution is 7.09. The first-order valence-electron chi connectivity index (χ1n) is 9.99. The van der Waals surface area contributed by atoms with Gasteiger partial charge < -0.3 is 10.2 Å². The number of carbonyl (C=O) groups is 1. The standard InChI is InChI=1S/C21H31N5OS/c1-21(2,3)16-19(27)22-9-10-25-11-13-26(14-12-25)20-23-18(24-28-20)15-17-7-5-4-6-8-17/h4-8H,9-16H2,1-3H3,(H,22,27). The first kappa shape index (κ1) is 20.7. The van der Waals surface area contributed by atoms with Crippen LogP contribution in [0.2, 0.25) is 0 Å². The lowest BCUT2D eigenvalue weighted by Gasteiger charge is -2.34. The van der Waals surface area contributed by atoms with Gasteiger partial charge in [-0.25, -0.2) is 4.98 Å². The molecule has 1 aliphatic heterocycles. The lowest BCUT2D eigenvalue weighted by Crippen LogP contribution is -2.48. The van der Waals surface area contributed by atoms with Crippen molar-refractivity contribution in [3.63, 3.8) is 0 Å². The van der Waals surface area contributed by atoms with Gasteiger partial charge in [0.2, 0.25) is 11.0 Å². The molecule has 7 heteroatoms. The molecule has 0 radical (unpaired) electrons. The van der Waals surface area contributed by atoms with E-state index >= 15 is 0 Å². The topological polar surface area (TPSA) is 61.4 Å². The van der Waals surface area contributed by atoms with Gasteiger partial charge in [-0.05, 0) is 11.0 Å². The third-order valence-corrected chi connectivity index (χ3v) is 5.56. The van der Waals surface area contributed by atoms with Crippen molar-refractivity contribution in [3.8, 4) is 0 Å². The monoisotopic (exact) mass is 401 g/mol. The Labute approximate surface area is 172 Å². The second kappa shape index (κ2) is 9.47. The first-order valence-corrected chi connectivity index (χ1v) is 10.8. The largest absolute Gasteiger partial charge is 0.355 e. The number of aromatic nitrogens is 2. The number of carbonyl (C=O) groups excluding carboxylic acids is 1. The Morgan fingerprint density at radius 1 is 1.14 bits per heavy atom. The van der Waals surface area contributed by atoms with Crippen LogP contribution in [0.15, 0.2) is 30.3 Å². The second-order valence-corrected chi connectivity index (χ2v) is 9.30. The molecule has 0 saturated carbocycles. The summed E-state index contributed by atoms with van der Waals surface area (Å²) in [6.07, 6.45) is 1.36. The summed E-state index contributed by atoms with van der Waals surface area (Å²) in [5.74, 6) is 1.04. The predicted molar refractivity (Wildman–Crippen MR) is 115 cm³/mol. The van der Waals surface area contributed by atoms with E-state index in [0.717, 1.165) is 56.6 Å². The van der Waals surface area contributed by atoms with Gasteiger partial charge in [0.05, 0.1) is 0 Å². The van der Waals surface area contributed by atoms with E-state index in [2.05, 4.69) is 52.4 Å². The molecule has 1 aliphatic rings. The van der Waals surface area contributed by atoms with E-state index in [-0.39, 0.29) is 11.3 Å². The van der Waals surface area contributed by atoms with Crippen LogP contribution in [0, 0.1) is 5.41 Å². The van der Waals surface area contributed by atoms with Gasteiger partial charge in [0, 0.05) is 63.6 Å². The summed E-state index contributed by atoms with van der Waals surface area (Å²) in [6.45, 7) is 11.8. The summed E-state index contributed by atoms with van der Waals surface area (Å²) in [6, 6.07) is 10.3. The normalized spacial score (nSPS) is 15.6. The molecule has 1 fully saturated rings. The molecule has 0 bridgehead atoms. The molecule has 6 nitrogen and oxygen atoms in total. The zero-order valence-electron chi connectivity index (χ0n) is 17.1. The minimum absolute atomic E-state index is 0.0385. The van der Waals surface area contributed by atoms with Gasteiger partial charge in [0.15, 0.2) is 0 Å². The summed E-state index contributed by atoms with van der Waals surface area (Å²) in [5, 5.41) is 4.06. The maximum atomic E-state index is 11.9. The van der Waals surface area contributed by atoms with E-state index in [1.807, 2.05) is 18.2 Å². The van der Waals surface area contributed by atoms with Crippen molar-refractivity contribution >= 4 is 22.6 Å². The number of hydrogen-bond acceptors (Lipinski definition) is 6. The molecule has 2 heterocycles. The third kappa shape index (κ3) is 6.56. The highest BCUT2D eigenvalue weighted by Crippen LogP contribution is 2.20. The summed E-state index contributed by atoms with van der Waals surface area (Å²) in [7, 11) is 0. The van der Waals surface area contributed by atoms with Crippen molar-refractivity contribution in [2.45, 2.75) is 33.6 Å². The number of anilines is 1. The van der Waals surface area contributed by atoms with Gasteiger partial charge in [-0.2, -0.15) is 4.37 Å². The third-order valence-electron chi connectivity index (χ3n) is 4.75. The Balaban J connectivity index is 1.39. The Kier molecular flexibility index (Phi) is 7.02. The molecule has 0 spiro atoms. The van der Waals surface area contributed by atoms with Gasteiger partial charge in [-0.3, -0.25) is 9.69 Å². The zero-order valence-corrected chi connectivity index (χ0v) is 18.0. The van der Waals surface area contributed by atoms with Crippen LogP contribution < -0.4 is 10.2 Å². The highest BCUT2D eigenvalue weighted by atomic mass is 32.1. The Morgan fingerprint density at radius 2 is 1.86 bits per heavy atom. The molecule has 0 aliphatic carbocycles. The summed E-state index contributed by atoms with van der Waals surface area (Å²) in [5.41, 5.74) is 1.28. The van der Waals surface area contributed by atoms with Crippen LogP contribution in [0.4, 0.5) is 5.13 Å². The van der Waals surface area contributed by atoms with Gasteiger partial charge in [0.25, 0.3) is 0 Å². The number of rotatable bonds is 7. The fourth-order valence-electron chi connectivity index (χ4n) is 3.28. The van der Waals surface area contributed by atoms with Crippen LogP contribution in [0.1, 0.15) is 38.6 Å². The van der Waals surface area contributed by atoms with E-state index in [1.54, 1.807) is 0 Å². The molecule has 0 atom stereocenters. The van der Waals surface area contributed by atoms with Crippen molar-refractivity contribution in [1.29, 1.82) is 0 Å². The van der Waals surface area contributed by atoms with Gasteiger partial charge in [-0.15, -0.1) is 0 Å². The van der Waals surface area contributed by atoms with E-state index in [9.17, 15) is 4.79 Å². The SMILES string of the molecule is CC(C)(C)CC(=O)NCCN1CCN(c2nc(Cc3ccccc3)ns2)CC1. The average Bonchev–Trinajstić information content (AvgIpc) is 3.10. The molecule has 1 aromatic heterocycles. The Morgan fingerprint density at radius 3 is 2.54 bits per heavy atom. The first-order chi connectivity index (χ1) is 13.4. The van der Waals surface area contributed by atoms with Gasteiger partial charge in [0.1, 0.15) is 5.82 Å². The van der Waals surface area contributed by atoms with E-state index < -0.39 is 0 Å². The minimum Gasteiger partial charge on any atom is -0.355 e. The molecule has 3 rings (SSSR count). The Bertz CT molecular complexity index is 748. The lowest BCUT2D eigenvalue weighted by molar-refractivity contribution is -0.122. The molecule has 1 amide bonds. The molecule has 2 aromatic rings. The maximum Gasteiger partial charge on any atom is 0.220 e. The maximum absolute atomic E-state index is 11.9. The number of amides is 1. The number of hydrogen-bond donors (Lipinski definition) is 1. The van der Waals surface area contributed by atoms with Gasteiger partial charge >= 0.3 is 0 Å². The smallest absolute Gasteiger partial charge is 0.220 e. The van der Waals surface area contributed by atoms with Crippen molar-refractivity contribution < 1.29 is 4.79 Å². The van der Waals surface area contributed by atoms with E-state index in [4.69, 9.17) is 4.98 Å². The van der Waals surface area contributed by atoms with Crippen molar-refractivity contribution in [2.75, 3.05) is 44.2 Å². The molecule has 28 heavy (non-hydrogen) atoms. The quantitative estimate of drug-likeness (QED) is 0.773. The minimum atomic E-state index is 0.0385. The van der Waals surface area contributed by atoms with Crippen molar-refractivity contribution in [1.82, 2.24) is 19.6 Å².